The lowest BCUT2D eigenvalue weighted by molar-refractivity contribution is -0.123. The zero-order valence-corrected chi connectivity index (χ0v) is 10.3. The normalized spacial score (nSPS) is 13.7. The van der Waals surface area contributed by atoms with E-state index in [4.69, 9.17) is 5.11 Å². The highest BCUT2D eigenvalue weighted by Crippen LogP contribution is 2.08. The van der Waals surface area contributed by atoms with Gasteiger partial charge in [-0.25, -0.2) is 0 Å². The van der Waals surface area contributed by atoms with E-state index < -0.39 is 0 Å². The van der Waals surface area contributed by atoms with Gasteiger partial charge in [-0.15, -0.1) is 0 Å². The van der Waals surface area contributed by atoms with Gasteiger partial charge >= 0.3 is 0 Å². The van der Waals surface area contributed by atoms with Crippen LogP contribution in [0.25, 0.3) is 0 Å². The van der Waals surface area contributed by atoms with Crippen LogP contribution in [0.3, 0.4) is 0 Å². The molecule has 4 nitrogen and oxygen atoms in total. The van der Waals surface area contributed by atoms with Crippen LogP contribution in [-0.4, -0.2) is 35.7 Å². The lowest BCUT2D eigenvalue weighted by Crippen LogP contribution is -2.51. The number of carbonyl (C=O) groups excluding carboxylic acids is 1. The highest BCUT2D eigenvalue weighted by Gasteiger charge is 2.22. The molecule has 1 unspecified atom stereocenters. The Labute approximate surface area is 92.4 Å². The fourth-order valence-corrected chi connectivity index (χ4v) is 1.40. The van der Waals surface area contributed by atoms with Gasteiger partial charge in [0, 0.05) is 18.7 Å². The van der Waals surface area contributed by atoms with Gasteiger partial charge in [0.2, 0.25) is 5.91 Å². The molecule has 0 aliphatic heterocycles. The molecule has 0 heterocycles. The Morgan fingerprint density at radius 3 is 2.53 bits per heavy atom. The molecule has 0 bridgehead atoms. The molecule has 0 spiro atoms. The predicted molar refractivity (Wildman–Crippen MR) is 61.7 cm³/mol. The van der Waals surface area contributed by atoms with E-state index >= 15 is 0 Å². The first-order valence-corrected chi connectivity index (χ1v) is 5.59. The van der Waals surface area contributed by atoms with E-state index in [-0.39, 0.29) is 24.1 Å². The summed E-state index contributed by atoms with van der Waals surface area (Å²) in [6.45, 7) is 8.66. The fraction of sp³-hybridized carbons (Fsp3) is 0.909. The SMILES string of the molecule is CCCNC(=O)C(C)NC(C)(C)CCO. The van der Waals surface area contributed by atoms with Crippen molar-refractivity contribution in [2.75, 3.05) is 13.2 Å². The molecular weight excluding hydrogens is 192 g/mol. The lowest BCUT2D eigenvalue weighted by atomic mass is 10.00. The van der Waals surface area contributed by atoms with Crippen molar-refractivity contribution in [2.45, 2.75) is 52.1 Å². The molecule has 4 heteroatoms. The summed E-state index contributed by atoms with van der Waals surface area (Å²) in [5.41, 5.74) is -0.211. The first-order chi connectivity index (χ1) is 6.93. The smallest absolute Gasteiger partial charge is 0.236 e. The largest absolute Gasteiger partial charge is 0.396 e. The van der Waals surface area contributed by atoms with Gasteiger partial charge in [-0.05, 0) is 33.6 Å². The molecule has 90 valence electrons. The molecular formula is C11H24N2O2. The van der Waals surface area contributed by atoms with Crippen LogP contribution in [-0.2, 0) is 4.79 Å². The molecule has 0 radical (unpaired) electrons. The molecule has 0 aliphatic rings. The van der Waals surface area contributed by atoms with Gasteiger partial charge < -0.3 is 15.7 Å². The van der Waals surface area contributed by atoms with Gasteiger partial charge in [-0.2, -0.15) is 0 Å². The van der Waals surface area contributed by atoms with E-state index in [1.54, 1.807) is 0 Å². The Hall–Kier alpha value is -0.610. The van der Waals surface area contributed by atoms with Crippen LogP contribution < -0.4 is 10.6 Å². The number of nitrogens with one attached hydrogen (secondary N) is 2. The molecule has 1 atom stereocenters. The summed E-state index contributed by atoms with van der Waals surface area (Å²) in [6, 6.07) is -0.224. The maximum atomic E-state index is 11.5. The van der Waals surface area contributed by atoms with Crippen LogP contribution in [0.2, 0.25) is 0 Å². The van der Waals surface area contributed by atoms with Gasteiger partial charge in [0.05, 0.1) is 6.04 Å². The second kappa shape index (κ2) is 6.80. The number of aliphatic hydroxyl groups is 1. The zero-order chi connectivity index (χ0) is 11.9. The third kappa shape index (κ3) is 6.47. The van der Waals surface area contributed by atoms with E-state index in [0.717, 1.165) is 6.42 Å². The minimum Gasteiger partial charge on any atom is -0.396 e. The maximum Gasteiger partial charge on any atom is 0.236 e. The first kappa shape index (κ1) is 14.4. The van der Waals surface area contributed by atoms with Crippen molar-refractivity contribution in [3.63, 3.8) is 0 Å². The maximum absolute atomic E-state index is 11.5. The van der Waals surface area contributed by atoms with Crippen LogP contribution in [0.5, 0.6) is 0 Å². The topological polar surface area (TPSA) is 61.4 Å². The van der Waals surface area contributed by atoms with Crippen LogP contribution in [0, 0.1) is 0 Å². The number of aliphatic hydroxyl groups excluding tert-OH is 1. The average Bonchev–Trinajstić information content (AvgIpc) is 2.13. The fourth-order valence-electron chi connectivity index (χ4n) is 1.40. The zero-order valence-electron chi connectivity index (χ0n) is 10.3. The summed E-state index contributed by atoms with van der Waals surface area (Å²) >= 11 is 0. The van der Waals surface area contributed by atoms with Gasteiger partial charge in [0.25, 0.3) is 0 Å². The van der Waals surface area contributed by atoms with Crippen molar-refractivity contribution in [1.29, 1.82) is 0 Å². The summed E-state index contributed by atoms with van der Waals surface area (Å²) in [6.07, 6.45) is 1.58. The number of hydrogen-bond donors (Lipinski definition) is 3. The Morgan fingerprint density at radius 1 is 1.47 bits per heavy atom. The monoisotopic (exact) mass is 216 g/mol. The summed E-state index contributed by atoms with van der Waals surface area (Å²) in [4.78, 5) is 11.5. The summed E-state index contributed by atoms with van der Waals surface area (Å²) in [5.74, 6) is 0.0165. The van der Waals surface area contributed by atoms with Gasteiger partial charge in [0.15, 0.2) is 0 Å². The average molecular weight is 216 g/mol. The quantitative estimate of drug-likeness (QED) is 0.585. The molecule has 0 aliphatic carbocycles. The third-order valence-corrected chi connectivity index (χ3v) is 2.29. The van der Waals surface area contributed by atoms with Crippen molar-refractivity contribution in [1.82, 2.24) is 10.6 Å². The number of amides is 1. The van der Waals surface area contributed by atoms with E-state index in [1.807, 2.05) is 27.7 Å². The van der Waals surface area contributed by atoms with E-state index in [1.165, 1.54) is 0 Å². The van der Waals surface area contributed by atoms with Crippen LogP contribution >= 0.6 is 0 Å². The number of carbonyl (C=O) groups is 1. The summed E-state index contributed by atoms with van der Waals surface area (Å²) in [5, 5.41) is 14.9. The second-order valence-corrected chi connectivity index (χ2v) is 4.51. The third-order valence-electron chi connectivity index (χ3n) is 2.29. The summed E-state index contributed by atoms with van der Waals surface area (Å²) in [7, 11) is 0. The van der Waals surface area contributed by atoms with E-state index in [0.29, 0.717) is 13.0 Å². The number of hydrogen-bond acceptors (Lipinski definition) is 3. The molecule has 0 aromatic heterocycles. The number of rotatable bonds is 7. The molecule has 0 saturated heterocycles. The van der Waals surface area contributed by atoms with E-state index in [2.05, 4.69) is 10.6 Å². The molecule has 1 amide bonds. The predicted octanol–water partition coefficient (Wildman–Crippen LogP) is 0.652. The van der Waals surface area contributed by atoms with Gasteiger partial charge in [-0.3, -0.25) is 4.79 Å². The van der Waals surface area contributed by atoms with Crippen molar-refractivity contribution in [2.24, 2.45) is 0 Å². The van der Waals surface area contributed by atoms with Crippen molar-refractivity contribution >= 4 is 5.91 Å². The van der Waals surface area contributed by atoms with E-state index in [9.17, 15) is 4.79 Å². The molecule has 0 aromatic rings. The van der Waals surface area contributed by atoms with Crippen LogP contribution in [0.4, 0.5) is 0 Å². The molecule has 0 fully saturated rings. The molecule has 0 saturated carbocycles. The standard InChI is InChI=1S/C11H24N2O2/c1-5-7-12-10(15)9(2)13-11(3,4)6-8-14/h9,13-14H,5-8H2,1-4H3,(H,12,15). The minimum atomic E-state index is -0.224. The van der Waals surface area contributed by atoms with Crippen molar-refractivity contribution in [3.05, 3.63) is 0 Å². The molecule has 15 heavy (non-hydrogen) atoms. The van der Waals surface area contributed by atoms with Crippen molar-refractivity contribution < 1.29 is 9.90 Å². The Bertz CT molecular complexity index is 193. The molecule has 0 rings (SSSR count). The van der Waals surface area contributed by atoms with Crippen LogP contribution in [0.1, 0.15) is 40.5 Å². The minimum absolute atomic E-state index is 0.0165. The van der Waals surface area contributed by atoms with Gasteiger partial charge in [-0.1, -0.05) is 6.92 Å². The second-order valence-electron chi connectivity index (χ2n) is 4.51. The Kier molecular flexibility index (Phi) is 6.52. The summed E-state index contributed by atoms with van der Waals surface area (Å²) < 4.78 is 0. The highest BCUT2D eigenvalue weighted by molar-refractivity contribution is 5.81. The Balaban J connectivity index is 3.99. The highest BCUT2D eigenvalue weighted by atomic mass is 16.3. The van der Waals surface area contributed by atoms with Gasteiger partial charge in [0.1, 0.15) is 0 Å². The Morgan fingerprint density at radius 2 is 2.07 bits per heavy atom. The lowest BCUT2D eigenvalue weighted by Gasteiger charge is -2.29. The molecule has 3 N–H and O–H groups in total. The molecule has 0 aromatic carbocycles. The van der Waals surface area contributed by atoms with Crippen molar-refractivity contribution in [3.8, 4) is 0 Å². The van der Waals surface area contributed by atoms with Crippen LogP contribution in [0.15, 0.2) is 0 Å². The first-order valence-electron chi connectivity index (χ1n) is 5.59.